The van der Waals surface area contributed by atoms with Crippen molar-refractivity contribution in [2.24, 2.45) is 0 Å². The third-order valence-electron chi connectivity index (χ3n) is 3.17. The molecule has 0 atom stereocenters. The van der Waals surface area contributed by atoms with Crippen LogP contribution in [0.4, 0.5) is 5.69 Å². The fraction of sp³-hybridized carbons (Fsp3) is 0.500. The number of nitrogens with zero attached hydrogens (tertiary/aromatic N) is 1. The molecular weight excluding hydrogens is 242 g/mol. The van der Waals surface area contributed by atoms with Crippen molar-refractivity contribution in [3.8, 4) is 5.75 Å². The number of hydrogen-bond acceptors (Lipinski definition) is 4. The van der Waals surface area contributed by atoms with Crippen LogP contribution in [0.15, 0.2) is 24.3 Å². The standard InChI is InChI=1S/C14H21N3O2/c1-19-13-5-3-12(4-6-13)16-14(18)11-17-9-2-7-15-8-10-17/h3-6,15H,2,7-11H2,1H3,(H,16,18). The molecule has 2 rings (SSSR count). The van der Waals surface area contributed by atoms with E-state index in [2.05, 4.69) is 15.5 Å². The van der Waals surface area contributed by atoms with Crippen molar-refractivity contribution in [2.75, 3.05) is 45.2 Å². The second-order valence-corrected chi connectivity index (χ2v) is 4.66. The largest absolute Gasteiger partial charge is 0.497 e. The molecule has 5 heteroatoms. The van der Waals surface area contributed by atoms with Gasteiger partial charge in [0.25, 0.3) is 0 Å². The maximum Gasteiger partial charge on any atom is 0.238 e. The molecule has 19 heavy (non-hydrogen) atoms. The van der Waals surface area contributed by atoms with E-state index in [1.807, 2.05) is 24.3 Å². The topological polar surface area (TPSA) is 53.6 Å². The first-order valence-electron chi connectivity index (χ1n) is 6.65. The van der Waals surface area contributed by atoms with Crippen LogP contribution in [-0.4, -0.2) is 50.6 Å². The molecule has 1 amide bonds. The van der Waals surface area contributed by atoms with Crippen LogP contribution in [0.3, 0.4) is 0 Å². The average molecular weight is 263 g/mol. The molecule has 1 saturated heterocycles. The lowest BCUT2D eigenvalue weighted by molar-refractivity contribution is -0.117. The molecule has 1 aliphatic rings. The predicted octanol–water partition coefficient (Wildman–Crippen LogP) is 0.929. The van der Waals surface area contributed by atoms with E-state index in [0.717, 1.165) is 44.0 Å². The molecule has 1 fully saturated rings. The molecule has 1 heterocycles. The molecule has 0 bridgehead atoms. The highest BCUT2D eigenvalue weighted by molar-refractivity contribution is 5.92. The van der Waals surface area contributed by atoms with Crippen molar-refractivity contribution in [3.63, 3.8) is 0 Å². The number of carbonyl (C=O) groups is 1. The number of nitrogens with one attached hydrogen (secondary N) is 2. The minimum Gasteiger partial charge on any atom is -0.497 e. The van der Waals surface area contributed by atoms with Gasteiger partial charge in [-0.1, -0.05) is 0 Å². The minimum atomic E-state index is 0.0343. The molecule has 104 valence electrons. The summed E-state index contributed by atoms with van der Waals surface area (Å²) in [7, 11) is 1.63. The third-order valence-corrected chi connectivity index (χ3v) is 3.17. The number of benzene rings is 1. The SMILES string of the molecule is COc1ccc(NC(=O)CN2CCCNCC2)cc1. The Morgan fingerprint density at radius 1 is 1.32 bits per heavy atom. The zero-order chi connectivity index (χ0) is 13.5. The van der Waals surface area contributed by atoms with E-state index >= 15 is 0 Å². The molecular formula is C14H21N3O2. The second-order valence-electron chi connectivity index (χ2n) is 4.66. The molecule has 1 aliphatic heterocycles. The van der Waals surface area contributed by atoms with Crippen molar-refractivity contribution < 1.29 is 9.53 Å². The van der Waals surface area contributed by atoms with Gasteiger partial charge < -0.3 is 15.4 Å². The molecule has 2 N–H and O–H groups in total. The van der Waals surface area contributed by atoms with Crippen LogP contribution < -0.4 is 15.4 Å². The summed E-state index contributed by atoms with van der Waals surface area (Å²) in [6.07, 6.45) is 1.09. The Morgan fingerprint density at radius 2 is 2.11 bits per heavy atom. The van der Waals surface area contributed by atoms with Crippen LogP contribution in [0.5, 0.6) is 5.75 Å². The van der Waals surface area contributed by atoms with E-state index in [0.29, 0.717) is 6.54 Å². The van der Waals surface area contributed by atoms with E-state index in [1.165, 1.54) is 0 Å². The first-order chi connectivity index (χ1) is 9.28. The Labute approximate surface area is 113 Å². The quantitative estimate of drug-likeness (QED) is 0.848. The van der Waals surface area contributed by atoms with Crippen LogP contribution in [0.1, 0.15) is 6.42 Å². The van der Waals surface area contributed by atoms with Crippen molar-refractivity contribution in [1.82, 2.24) is 10.2 Å². The van der Waals surface area contributed by atoms with E-state index in [-0.39, 0.29) is 5.91 Å². The summed E-state index contributed by atoms with van der Waals surface area (Å²) in [5.41, 5.74) is 0.804. The first-order valence-corrected chi connectivity index (χ1v) is 6.65. The lowest BCUT2D eigenvalue weighted by atomic mass is 10.3. The van der Waals surface area contributed by atoms with Crippen molar-refractivity contribution in [3.05, 3.63) is 24.3 Å². The number of methoxy groups -OCH3 is 1. The smallest absolute Gasteiger partial charge is 0.238 e. The Bertz CT molecular complexity index is 398. The fourth-order valence-electron chi connectivity index (χ4n) is 2.14. The van der Waals surface area contributed by atoms with E-state index in [1.54, 1.807) is 7.11 Å². The molecule has 0 radical (unpaired) electrons. The molecule has 0 aliphatic carbocycles. The van der Waals surface area contributed by atoms with Crippen LogP contribution in [-0.2, 0) is 4.79 Å². The van der Waals surface area contributed by atoms with Crippen molar-refractivity contribution >= 4 is 11.6 Å². The lowest BCUT2D eigenvalue weighted by Crippen LogP contribution is -2.35. The van der Waals surface area contributed by atoms with Crippen LogP contribution in [0.25, 0.3) is 0 Å². The normalized spacial score (nSPS) is 16.7. The van der Waals surface area contributed by atoms with E-state index < -0.39 is 0 Å². The number of ether oxygens (including phenoxy) is 1. The summed E-state index contributed by atoms with van der Waals surface area (Å²) >= 11 is 0. The Morgan fingerprint density at radius 3 is 2.84 bits per heavy atom. The fourth-order valence-corrected chi connectivity index (χ4v) is 2.14. The van der Waals surface area contributed by atoms with Crippen LogP contribution >= 0.6 is 0 Å². The van der Waals surface area contributed by atoms with Gasteiger partial charge >= 0.3 is 0 Å². The summed E-state index contributed by atoms with van der Waals surface area (Å²) in [5, 5.41) is 6.23. The molecule has 0 aromatic heterocycles. The van der Waals surface area contributed by atoms with Crippen LogP contribution in [0, 0.1) is 0 Å². The van der Waals surface area contributed by atoms with Gasteiger partial charge in [-0.25, -0.2) is 0 Å². The van der Waals surface area contributed by atoms with E-state index in [9.17, 15) is 4.79 Å². The summed E-state index contributed by atoms with van der Waals surface area (Å²) in [5.74, 6) is 0.823. The highest BCUT2D eigenvalue weighted by atomic mass is 16.5. The molecule has 1 aromatic carbocycles. The zero-order valence-corrected chi connectivity index (χ0v) is 11.3. The lowest BCUT2D eigenvalue weighted by Gasteiger charge is -2.18. The van der Waals surface area contributed by atoms with Gasteiger partial charge in [-0.2, -0.15) is 0 Å². The first kappa shape index (κ1) is 13.8. The molecule has 5 nitrogen and oxygen atoms in total. The summed E-state index contributed by atoms with van der Waals surface area (Å²) in [4.78, 5) is 14.1. The summed E-state index contributed by atoms with van der Waals surface area (Å²) in [6, 6.07) is 7.37. The van der Waals surface area contributed by atoms with E-state index in [4.69, 9.17) is 4.74 Å². The summed E-state index contributed by atoms with van der Waals surface area (Å²) in [6.45, 7) is 4.35. The van der Waals surface area contributed by atoms with Gasteiger partial charge in [0, 0.05) is 18.8 Å². The number of amides is 1. The number of carbonyl (C=O) groups excluding carboxylic acids is 1. The van der Waals surface area contributed by atoms with Crippen molar-refractivity contribution in [1.29, 1.82) is 0 Å². The van der Waals surface area contributed by atoms with Gasteiger partial charge in [0.05, 0.1) is 13.7 Å². The van der Waals surface area contributed by atoms with Crippen molar-refractivity contribution in [2.45, 2.75) is 6.42 Å². The molecule has 0 spiro atoms. The maximum absolute atomic E-state index is 11.9. The van der Waals surface area contributed by atoms with Gasteiger partial charge in [-0.05, 0) is 43.8 Å². The molecule has 1 aromatic rings. The van der Waals surface area contributed by atoms with Crippen LogP contribution in [0.2, 0.25) is 0 Å². The Balaban J connectivity index is 1.82. The second kappa shape index (κ2) is 7.11. The molecule has 0 unspecified atom stereocenters. The zero-order valence-electron chi connectivity index (χ0n) is 11.3. The highest BCUT2D eigenvalue weighted by Gasteiger charge is 2.12. The molecule has 0 saturated carbocycles. The van der Waals surface area contributed by atoms with Gasteiger partial charge in [-0.15, -0.1) is 0 Å². The summed E-state index contributed by atoms with van der Waals surface area (Å²) < 4.78 is 5.08. The minimum absolute atomic E-state index is 0.0343. The number of anilines is 1. The Kier molecular flexibility index (Phi) is 5.18. The highest BCUT2D eigenvalue weighted by Crippen LogP contribution is 2.14. The predicted molar refractivity (Wildman–Crippen MR) is 75.6 cm³/mol. The number of hydrogen-bond donors (Lipinski definition) is 2. The monoisotopic (exact) mass is 263 g/mol. The third kappa shape index (κ3) is 4.54. The van der Waals surface area contributed by atoms with Gasteiger partial charge in [-0.3, -0.25) is 9.69 Å². The van der Waals surface area contributed by atoms with Gasteiger partial charge in [0.1, 0.15) is 5.75 Å². The Hall–Kier alpha value is -1.59. The maximum atomic E-state index is 11.9. The number of rotatable bonds is 4. The van der Waals surface area contributed by atoms with Gasteiger partial charge in [0.2, 0.25) is 5.91 Å². The average Bonchev–Trinajstić information content (AvgIpc) is 2.68. The van der Waals surface area contributed by atoms with Gasteiger partial charge in [0.15, 0.2) is 0 Å².